The third kappa shape index (κ3) is 4.32. The van der Waals surface area contributed by atoms with Crippen molar-refractivity contribution in [3.63, 3.8) is 0 Å². The largest absolute Gasteiger partial charge is 0.389 e. The van der Waals surface area contributed by atoms with Gasteiger partial charge in [-0.25, -0.2) is 4.68 Å². The van der Waals surface area contributed by atoms with E-state index in [9.17, 15) is 5.11 Å². The van der Waals surface area contributed by atoms with E-state index in [1.54, 1.807) is 17.7 Å². The minimum atomic E-state index is -1.10. The van der Waals surface area contributed by atoms with E-state index >= 15 is 0 Å². The first kappa shape index (κ1) is 17.9. The molecule has 1 unspecified atom stereocenters. The van der Waals surface area contributed by atoms with E-state index < -0.39 is 14.2 Å². The maximum Gasteiger partial charge on any atom is 0.140 e. The Bertz CT molecular complexity index is 668. The first-order valence-electron chi connectivity index (χ1n) is 7.30. The number of benzene rings is 1. The zero-order valence-corrected chi connectivity index (χ0v) is 16.7. The second-order valence-electron chi connectivity index (χ2n) is 6.71. The topological polar surface area (TPSA) is 47.3 Å². The minimum Gasteiger partial charge on any atom is -0.389 e. The van der Waals surface area contributed by atoms with Crippen LogP contribution in [0.3, 0.4) is 0 Å². The highest BCUT2D eigenvalue weighted by Crippen LogP contribution is 2.32. The number of halogens is 2. The molecule has 0 saturated heterocycles. The van der Waals surface area contributed by atoms with Gasteiger partial charge in [-0.15, -0.1) is 0 Å². The van der Waals surface area contributed by atoms with Crippen LogP contribution in [0.1, 0.15) is 18.6 Å². The van der Waals surface area contributed by atoms with Gasteiger partial charge in [-0.1, -0.05) is 31.2 Å². The van der Waals surface area contributed by atoms with Gasteiger partial charge in [-0.2, -0.15) is 5.10 Å². The van der Waals surface area contributed by atoms with Crippen molar-refractivity contribution in [1.82, 2.24) is 9.78 Å². The molecule has 1 heterocycles. The van der Waals surface area contributed by atoms with E-state index in [1.807, 2.05) is 6.07 Å². The summed E-state index contributed by atoms with van der Waals surface area (Å²) in [6, 6.07) is 4.74. The first-order chi connectivity index (χ1) is 10.2. The van der Waals surface area contributed by atoms with E-state index in [0.717, 1.165) is 29.1 Å². The van der Waals surface area contributed by atoms with E-state index in [2.05, 4.69) is 40.7 Å². The average molecular weight is 406 g/mol. The van der Waals surface area contributed by atoms with Crippen LogP contribution in [0, 0.1) is 0 Å². The number of aliphatic hydroxyl groups excluding tert-OH is 1. The molecule has 1 atom stereocenters. The average Bonchev–Trinajstić information content (AvgIpc) is 2.69. The second-order valence-corrected chi connectivity index (χ2v) is 13.5. The van der Waals surface area contributed by atoms with E-state index in [4.69, 9.17) is 16.3 Å². The van der Waals surface area contributed by atoms with Crippen molar-refractivity contribution in [3.05, 3.63) is 27.3 Å². The van der Waals surface area contributed by atoms with Gasteiger partial charge in [0.1, 0.15) is 11.3 Å². The number of fused-ring (bicyclic) bond motifs is 1. The van der Waals surface area contributed by atoms with Crippen molar-refractivity contribution in [2.45, 2.75) is 45.4 Å². The molecule has 7 heteroatoms. The summed E-state index contributed by atoms with van der Waals surface area (Å²) >= 11 is 9.59. The number of aromatic nitrogens is 2. The summed E-state index contributed by atoms with van der Waals surface area (Å²) in [7, 11) is -1.10. The summed E-state index contributed by atoms with van der Waals surface area (Å²) in [6.07, 6.45) is -0.620. The summed E-state index contributed by atoms with van der Waals surface area (Å²) in [5, 5.41) is 15.9. The molecule has 1 aromatic heterocycles. The predicted molar refractivity (Wildman–Crippen MR) is 97.2 cm³/mol. The fraction of sp³-hybridized carbons (Fsp3) is 0.533. The molecule has 0 saturated carbocycles. The van der Waals surface area contributed by atoms with Gasteiger partial charge in [-0.3, -0.25) is 0 Å². The molecule has 0 aliphatic heterocycles. The molecule has 0 bridgehead atoms. The third-order valence-corrected chi connectivity index (χ3v) is 5.96. The van der Waals surface area contributed by atoms with Crippen LogP contribution in [0.5, 0.6) is 0 Å². The fourth-order valence-corrected chi connectivity index (χ4v) is 3.69. The molecular weight excluding hydrogens is 384 g/mol. The second kappa shape index (κ2) is 7.01. The van der Waals surface area contributed by atoms with Crippen molar-refractivity contribution in [2.24, 2.45) is 0 Å². The van der Waals surface area contributed by atoms with Crippen LogP contribution in [0.4, 0.5) is 0 Å². The summed E-state index contributed by atoms with van der Waals surface area (Å²) in [6.45, 7) is 9.79. The molecule has 122 valence electrons. The van der Waals surface area contributed by atoms with Crippen LogP contribution in [-0.4, -0.2) is 29.6 Å². The lowest BCUT2D eigenvalue weighted by Crippen LogP contribution is -2.22. The summed E-state index contributed by atoms with van der Waals surface area (Å²) in [4.78, 5) is 0. The summed E-state index contributed by atoms with van der Waals surface area (Å²) in [5.41, 5.74) is 1.62. The van der Waals surface area contributed by atoms with Crippen LogP contribution in [0.15, 0.2) is 16.7 Å². The van der Waals surface area contributed by atoms with Crippen molar-refractivity contribution >= 4 is 46.5 Å². The molecule has 1 aromatic carbocycles. The van der Waals surface area contributed by atoms with Crippen molar-refractivity contribution in [3.8, 4) is 0 Å². The molecule has 0 aliphatic rings. The highest BCUT2D eigenvalue weighted by molar-refractivity contribution is 9.10. The van der Waals surface area contributed by atoms with E-state index in [1.165, 1.54) is 0 Å². The molecule has 0 fully saturated rings. The quantitative estimate of drug-likeness (QED) is 0.553. The predicted octanol–water partition coefficient (Wildman–Crippen LogP) is 4.82. The van der Waals surface area contributed by atoms with Gasteiger partial charge < -0.3 is 9.84 Å². The lowest BCUT2D eigenvalue weighted by Gasteiger charge is -2.16. The zero-order chi connectivity index (χ0) is 16.5. The van der Waals surface area contributed by atoms with Crippen LogP contribution < -0.4 is 0 Å². The van der Waals surface area contributed by atoms with Gasteiger partial charge >= 0.3 is 0 Å². The van der Waals surface area contributed by atoms with Crippen LogP contribution in [0.25, 0.3) is 10.9 Å². The molecule has 0 amide bonds. The SMILES string of the molecule is CC(O)c1cc(Cl)cc2c(Br)nn(COCC[Si](C)(C)C)c12. The van der Waals surface area contributed by atoms with E-state index in [-0.39, 0.29) is 0 Å². The number of nitrogens with zero attached hydrogens (tertiary/aromatic N) is 2. The van der Waals surface area contributed by atoms with Gasteiger partial charge in [0.25, 0.3) is 0 Å². The Morgan fingerprint density at radius 2 is 2.09 bits per heavy atom. The molecule has 2 aromatic rings. The normalized spacial score (nSPS) is 13.8. The zero-order valence-electron chi connectivity index (χ0n) is 13.4. The van der Waals surface area contributed by atoms with Crippen LogP contribution in [0.2, 0.25) is 30.7 Å². The lowest BCUT2D eigenvalue weighted by molar-refractivity contribution is 0.0810. The molecule has 1 N–H and O–H groups in total. The Labute approximate surface area is 145 Å². The smallest absolute Gasteiger partial charge is 0.140 e. The molecule has 0 radical (unpaired) electrons. The summed E-state index contributed by atoms with van der Waals surface area (Å²) in [5.74, 6) is 0. The van der Waals surface area contributed by atoms with Crippen LogP contribution >= 0.6 is 27.5 Å². The monoisotopic (exact) mass is 404 g/mol. The van der Waals surface area contributed by atoms with Crippen molar-refractivity contribution in [2.75, 3.05) is 6.61 Å². The highest BCUT2D eigenvalue weighted by atomic mass is 79.9. The first-order valence-corrected chi connectivity index (χ1v) is 12.2. The Kier molecular flexibility index (Phi) is 5.72. The molecule has 2 rings (SSSR count). The fourth-order valence-electron chi connectivity index (χ4n) is 2.22. The van der Waals surface area contributed by atoms with Gasteiger partial charge in [0.15, 0.2) is 0 Å². The van der Waals surface area contributed by atoms with Gasteiger partial charge in [0.05, 0.1) is 11.6 Å². The Morgan fingerprint density at radius 1 is 1.41 bits per heavy atom. The molecule has 0 aliphatic carbocycles. The molecule has 4 nitrogen and oxygen atoms in total. The van der Waals surface area contributed by atoms with Crippen molar-refractivity contribution in [1.29, 1.82) is 0 Å². The minimum absolute atomic E-state index is 0.369. The Hall–Kier alpha value is -0.403. The third-order valence-electron chi connectivity index (χ3n) is 3.45. The lowest BCUT2D eigenvalue weighted by atomic mass is 10.1. The molecule has 0 spiro atoms. The standard InChI is InChI=1S/C15H22BrClN2O2Si/c1-10(20)12-7-11(17)8-13-14(12)19(18-15(13)16)9-21-5-6-22(2,3)4/h7-8,10,20H,5-6,9H2,1-4H3. The van der Waals surface area contributed by atoms with Crippen LogP contribution in [-0.2, 0) is 11.5 Å². The van der Waals surface area contributed by atoms with E-state index in [0.29, 0.717) is 16.4 Å². The number of aliphatic hydroxyl groups is 1. The van der Waals surface area contributed by atoms with Gasteiger partial charge in [-0.05, 0) is 41.0 Å². The van der Waals surface area contributed by atoms with Gasteiger partial charge in [0.2, 0.25) is 0 Å². The number of hydrogen-bond donors (Lipinski definition) is 1. The number of hydrogen-bond acceptors (Lipinski definition) is 3. The van der Waals surface area contributed by atoms with Crippen molar-refractivity contribution < 1.29 is 9.84 Å². The highest BCUT2D eigenvalue weighted by Gasteiger charge is 2.17. The summed E-state index contributed by atoms with van der Waals surface area (Å²) < 4.78 is 8.27. The van der Waals surface area contributed by atoms with Gasteiger partial charge in [0, 0.05) is 30.7 Å². The maximum absolute atomic E-state index is 10.0. The number of rotatable bonds is 6. The number of ether oxygens (including phenoxy) is 1. The Morgan fingerprint density at radius 3 is 2.68 bits per heavy atom. The molecule has 22 heavy (non-hydrogen) atoms. The maximum atomic E-state index is 10.0. The Balaban J connectivity index is 2.27. The molecular formula is C15H22BrClN2O2Si.